The van der Waals surface area contributed by atoms with Crippen molar-refractivity contribution >= 4 is 57.0 Å². The molecule has 0 saturated carbocycles. The topological polar surface area (TPSA) is 97.3 Å². The number of nitrogens with one attached hydrogen (secondary N) is 1. The summed E-state index contributed by atoms with van der Waals surface area (Å²) in [7, 11) is 0. The van der Waals surface area contributed by atoms with Crippen molar-refractivity contribution in [3.63, 3.8) is 0 Å². The van der Waals surface area contributed by atoms with Crippen LogP contribution in [0, 0.1) is 10.1 Å². The third-order valence-electron chi connectivity index (χ3n) is 4.57. The minimum absolute atomic E-state index is 0.101. The molecule has 1 fully saturated rings. The maximum absolute atomic E-state index is 11.7. The van der Waals surface area contributed by atoms with E-state index in [2.05, 4.69) is 20.5 Å². The van der Waals surface area contributed by atoms with Crippen LogP contribution in [-0.2, 0) is 0 Å². The van der Waals surface area contributed by atoms with E-state index in [0.29, 0.717) is 21.2 Å². The molecule has 0 bridgehead atoms. The summed E-state index contributed by atoms with van der Waals surface area (Å²) in [6.07, 6.45) is 3.26. The summed E-state index contributed by atoms with van der Waals surface area (Å²) in [6, 6.07) is 6.58. The van der Waals surface area contributed by atoms with Crippen LogP contribution in [0.25, 0.3) is 11.0 Å². The number of benzene rings is 2. The molecule has 140 valence electrons. The smallest absolute Gasteiger partial charge is 0.324 e. The second-order valence-electron chi connectivity index (χ2n) is 6.31. The van der Waals surface area contributed by atoms with Gasteiger partial charge in [0, 0.05) is 18.1 Å². The van der Waals surface area contributed by atoms with Crippen LogP contribution in [0.15, 0.2) is 28.9 Å². The fourth-order valence-corrected chi connectivity index (χ4v) is 3.64. The lowest BCUT2D eigenvalue weighted by Crippen LogP contribution is -2.29. The van der Waals surface area contributed by atoms with Gasteiger partial charge < -0.3 is 10.2 Å². The number of nitro benzene ring substituents is 1. The molecule has 0 aliphatic carbocycles. The van der Waals surface area contributed by atoms with Crippen molar-refractivity contribution in [1.82, 2.24) is 10.3 Å². The zero-order valence-corrected chi connectivity index (χ0v) is 15.6. The maximum Gasteiger partial charge on any atom is 0.324 e. The molecule has 1 saturated heterocycles. The van der Waals surface area contributed by atoms with Gasteiger partial charge in [-0.3, -0.25) is 10.1 Å². The number of piperidine rings is 1. The first kappa shape index (κ1) is 17.8. The van der Waals surface area contributed by atoms with Crippen LogP contribution in [0.4, 0.5) is 22.7 Å². The van der Waals surface area contributed by atoms with Gasteiger partial charge >= 0.3 is 5.69 Å². The predicted molar refractivity (Wildman–Crippen MR) is 104 cm³/mol. The SMILES string of the molecule is O=[N+]([O-])c1c(Nc2cc(Cl)ccc2Cl)cc(N2CCCCC2)c2nonc12. The first-order chi connectivity index (χ1) is 13.0. The summed E-state index contributed by atoms with van der Waals surface area (Å²) in [4.78, 5) is 13.4. The molecular weight excluding hydrogens is 393 g/mol. The van der Waals surface area contributed by atoms with Gasteiger partial charge in [-0.15, -0.1) is 0 Å². The molecule has 1 aromatic heterocycles. The Morgan fingerprint density at radius 3 is 2.56 bits per heavy atom. The van der Waals surface area contributed by atoms with Gasteiger partial charge in [-0.1, -0.05) is 23.2 Å². The summed E-state index contributed by atoms with van der Waals surface area (Å²) in [5.74, 6) is 0. The maximum atomic E-state index is 11.7. The highest BCUT2D eigenvalue weighted by Gasteiger charge is 2.28. The number of anilines is 3. The van der Waals surface area contributed by atoms with E-state index in [9.17, 15) is 10.1 Å². The van der Waals surface area contributed by atoms with Crippen molar-refractivity contribution in [2.45, 2.75) is 19.3 Å². The Morgan fingerprint density at radius 2 is 1.81 bits per heavy atom. The molecule has 2 aromatic carbocycles. The van der Waals surface area contributed by atoms with E-state index in [-0.39, 0.29) is 16.9 Å². The molecule has 1 aliphatic heterocycles. The average Bonchev–Trinajstić information content (AvgIpc) is 3.13. The zero-order valence-electron chi connectivity index (χ0n) is 14.1. The van der Waals surface area contributed by atoms with E-state index in [1.54, 1.807) is 24.3 Å². The molecule has 0 atom stereocenters. The van der Waals surface area contributed by atoms with Crippen molar-refractivity contribution in [1.29, 1.82) is 0 Å². The number of aromatic nitrogens is 2. The number of halogens is 2. The third-order valence-corrected chi connectivity index (χ3v) is 5.13. The molecule has 0 amide bonds. The third kappa shape index (κ3) is 3.38. The Kier molecular flexibility index (Phi) is 4.75. The molecule has 8 nitrogen and oxygen atoms in total. The Morgan fingerprint density at radius 1 is 1.07 bits per heavy atom. The zero-order chi connectivity index (χ0) is 19.0. The molecule has 4 rings (SSSR count). The first-order valence-electron chi connectivity index (χ1n) is 8.45. The van der Waals surface area contributed by atoms with E-state index in [1.165, 1.54) is 0 Å². The summed E-state index contributed by atoms with van der Waals surface area (Å²) >= 11 is 12.3. The number of fused-ring (bicyclic) bond motifs is 1. The lowest BCUT2D eigenvalue weighted by atomic mass is 10.1. The summed E-state index contributed by atoms with van der Waals surface area (Å²) in [5, 5.41) is 23.3. The Balaban J connectivity index is 1.88. The van der Waals surface area contributed by atoms with Crippen molar-refractivity contribution in [2.75, 3.05) is 23.3 Å². The van der Waals surface area contributed by atoms with E-state index in [0.717, 1.165) is 38.0 Å². The molecule has 0 spiro atoms. The van der Waals surface area contributed by atoms with Crippen LogP contribution in [0.2, 0.25) is 10.0 Å². The van der Waals surface area contributed by atoms with Crippen molar-refractivity contribution in [3.8, 4) is 0 Å². The number of nitro groups is 1. The highest BCUT2D eigenvalue weighted by Crippen LogP contribution is 2.41. The van der Waals surface area contributed by atoms with Crippen LogP contribution in [0.5, 0.6) is 0 Å². The average molecular weight is 408 g/mol. The lowest BCUT2D eigenvalue weighted by molar-refractivity contribution is -0.382. The van der Waals surface area contributed by atoms with Gasteiger partial charge in [-0.05, 0) is 53.8 Å². The fourth-order valence-electron chi connectivity index (χ4n) is 3.31. The fraction of sp³-hybridized carbons (Fsp3) is 0.294. The number of hydrogen-bond donors (Lipinski definition) is 1. The van der Waals surface area contributed by atoms with Crippen LogP contribution in [-0.4, -0.2) is 28.3 Å². The number of rotatable bonds is 4. The van der Waals surface area contributed by atoms with Gasteiger partial charge in [0.25, 0.3) is 0 Å². The summed E-state index contributed by atoms with van der Waals surface area (Å²) in [5.41, 5.74) is 1.73. The normalized spacial score (nSPS) is 14.5. The van der Waals surface area contributed by atoms with Gasteiger partial charge in [0.15, 0.2) is 5.52 Å². The quantitative estimate of drug-likeness (QED) is 0.470. The highest BCUT2D eigenvalue weighted by molar-refractivity contribution is 6.35. The van der Waals surface area contributed by atoms with Gasteiger partial charge in [-0.2, -0.15) is 0 Å². The molecule has 10 heteroatoms. The van der Waals surface area contributed by atoms with Crippen LogP contribution >= 0.6 is 23.2 Å². The monoisotopic (exact) mass is 407 g/mol. The molecule has 0 unspecified atom stereocenters. The largest absolute Gasteiger partial charge is 0.370 e. The summed E-state index contributed by atoms with van der Waals surface area (Å²) in [6.45, 7) is 1.69. The molecule has 1 aliphatic rings. The van der Waals surface area contributed by atoms with Crippen LogP contribution in [0.1, 0.15) is 19.3 Å². The van der Waals surface area contributed by atoms with Gasteiger partial charge in [-0.25, -0.2) is 4.63 Å². The van der Waals surface area contributed by atoms with Crippen LogP contribution in [0.3, 0.4) is 0 Å². The second kappa shape index (κ2) is 7.21. The van der Waals surface area contributed by atoms with Gasteiger partial charge in [0.05, 0.1) is 21.3 Å². The van der Waals surface area contributed by atoms with Crippen molar-refractivity contribution < 1.29 is 9.55 Å². The number of nitrogens with zero attached hydrogens (tertiary/aromatic N) is 4. The first-order valence-corrected chi connectivity index (χ1v) is 9.21. The Bertz CT molecular complexity index is 1020. The molecular formula is C17H15Cl2N5O3. The van der Waals surface area contributed by atoms with Crippen molar-refractivity contribution in [2.24, 2.45) is 0 Å². The number of hydrogen-bond acceptors (Lipinski definition) is 7. The van der Waals surface area contributed by atoms with Gasteiger partial charge in [0.2, 0.25) is 5.52 Å². The molecule has 1 N–H and O–H groups in total. The van der Waals surface area contributed by atoms with Crippen molar-refractivity contribution in [3.05, 3.63) is 44.4 Å². The second-order valence-corrected chi connectivity index (χ2v) is 7.15. The Labute approximate surface area is 164 Å². The molecule has 2 heterocycles. The standard InChI is InChI=1S/C17H15Cl2N5O3/c18-10-4-5-11(19)12(8-10)20-13-9-14(23-6-2-1-3-7-23)15-16(22-27-21-15)17(13)24(25)26/h4-5,8-9,20H,1-3,6-7H2. The molecule has 3 aromatic rings. The van der Waals surface area contributed by atoms with E-state index in [4.69, 9.17) is 27.8 Å². The predicted octanol–water partition coefficient (Wildman–Crippen LogP) is 5.17. The highest BCUT2D eigenvalue weighted by atomic mass is 35.5. The molecule has 27 heavy (non-hydrogen) atoms. The molecule has 0 radical (unpaired) electrons. The minimum atomic E-state index is -0.507. The Hall–Kier alpha value is -2.58. The van der Waals surface area contributed by atoms with Crippen LogP contribution < -0.4 is 10.2 Å². The van der Waals surface area contributed by atoms with Gasteiger partial charge in [0.1, 0.15) is 5.69 Å². The minimum Gasteiger partial charge on any atom is -0.370 e. The van der Waals surface area contributed by atoms with E-state index < -0.39 is 4.92 Å². The summed E-state index contributed by atoms with van der Waals surface area (Å²) < 4.78 is 4.83. The van der Waals surface area contributed by atoms with E-state index >= 15 is 0 Å². The lowest BCUT2D eigenvalue weighted by Gasteiger charge is -2.29. The van der Waals surface area contributed by atoms with E-state index in [1.807, 2.05) is 0 Å².